The lowest BCUT2D eigenvalue weighted by molar-refractivity contribution is 0.604. The average Bonchev–Trinajstić information content (AvgIpc) is 3.03. The molecule has 4 rings (SSSR count). The van der Waals surface area contributed by atoms with Crippen LogP contribution in [0.5, 0.6) is 0 Å². The lowest BCUT2D eigenvalue weighted by Gasteiger charge is -2.06. The predicted molar refractivity (Wildman–Crippen MR) is 98.8 cm³/mol. The molecule has 0 saturated heterocycles. The summed E-state index contributed by atoms with van der Waals surface area (Å²) < 4.78 is 5.82. The van der Waals surface area contributed by atoms with Gasteiger partial charge in [-0.2, -0.15) is 5.10 Å². The summed E-state index contributed by atoms with van der Waals surface area (Å²) in [5.74, 6) is 0.741. The number of halogens is 1. The van der Waals surface area contributed by atoms with Crippen molar-refractivity contribution >= 4 is 44.9 Å². The van der Waals surface area contributed by atoms with Gasteiger partial charge in [0.25, 0.3) is 0 Å². The molecule has 4 nitrogen and oxygen atoms in total. The first-order chi connectivity index (χ1) is 11.7. The van der Waals surface area contributed by atoms with Gasteiger partial charge in [0, 0.05) is 22.0 Å². The van der Waals surface area contributed by atoms with Gasteiger partial charge in [0.1, 0.15) is 11.3 Å². The van der Waals surface area contributed by atoms with Crippen molar-refractivity contribution in [2.24, 2.45) is 5.10 Å². The number of nitrogens with zero attached hydrogens (tertiary/aromatic N) is 2. The van der Waals surface area contributed by atoms with Crippen LogP contribution >= 0.6 is 11.6 Å². The predicted octanol–water partition coefficient (Wildman–Crippen LogP) is 5.47. The highest BCUT2D eigenvalue weighted by Gasteiger charge is 2.07. The lowest BCUT2D eigenvalue weighted by Crippen LogP contribution is -1.99. The molecule has 0 atom stereocenters. The van der Waals surface area contributed by atoms with Gasteiger partial charge in [-0.3, -0.25) is 10.4 Å². The van der Waals surface area contributed by atoms with E-state index >= 15 is 0 Å². The Morgan fingerprint density at radius 1 is 1.12 bits per heavy atom. The number of fused-ring (bicyclic) bond motifs is 2. The molecule has 2 aromatic carbocycles. The number of pyridine rings is 1. The normalized spacial score (nSPS) is 12.0. The van der Waals surface area contributed by atoms with Crippen molar-refractivity contribution in [2.75, 3.05) is 5.43 Å². The number of hydrogen-bond acceptors (Lipinski definition) is 4. The number of benzene rings is 2. The van der Waals surface area contributed by atoms with Crippen molar-refractivity contribution in [2.45, 2.75) is 6.92 Å². The summed E-state index contributed by atoms with van der Waals surface area (Å²) in [6.07, 6.45) is 1.73. The third-order valence-electron chi connectivity index (χ3n) is 3.83. The fraction of sp³-hybridized carbons (Fsp3) is 0.0526. The quantitative estimate of drug-likeness (QED) is 0.399. The van der Waals surface area contributed by atoms with Crippen molar-refractivity contribution in [1.82, 2.24) is 4.98 Å². The molecule has 2 aromatic heterocycles. The minimum absolute atomic E-state index is 0.661. The summed E-state index contributed by atoms with van der Waals surface area (Å²) in [5.41, 5.74) is 6.41. The molecule has 0 unspecified atom stereocenters. The summed E-state index contributed by atoms with van der Waals surface area (Å²) in [5, 5.41) is 7.13. The number of aromatic nitrogens is 1. The van der Waals surface area contributed by atoms with Crippen LogP contribution in [0.3, 0.4) is 0 Å². The van der Waals surface area contributed by atoms with Crippen LogP contribution in [-0.4, -0.2) is 10.7 Å². The molecule has 0 spiro atoms. The van der Waals surface area contributed by atoms with E-state index in [1.165, 1.54) is 0 Å². The van der Waals surface area contributed by atoms with Gasteiger partial charge >= 0.3 is 0 Å². The molecule has 0 aliphatic carbocycles. The Balaban J connectivity index is 1.67. The van der Waals surface area contributed by atoms with Crippen LogP contribution < -0.4 is 5.43 Å². The molecule has 0 saturated carbocycles. The second-order valence-corrected chi connectivity index (χ2v) is 5.91. The summed E-state index contributed by atoms with van der Waals surface area (Å²) in [6, 6.07) is 17.4. The van der Waals surface area contributed by atoms with E-state index in [9.17, 15) is 0 Å². The minimum atomic E-state index is 0.661. The van der Waals surface area contributed by atoms with E-state index in [1.807, 2.05) is 61.5 Å². The van der Waals surface area contributed by atoms with Crippen LogP contribution in [0.2, 0.25) is 5.02 Å². The van der Waals surface area contributed by atoms with Crippen LogP contribution in [0, 0.1) is 0 Å². The fourth-order valence-corrected chi connectivity index (χ4v) is 2.74. The van der Waals surface area contributed by atoms with Crippen molar-refractivity contribution < 1.29 is 4.42 Å². The molecule has 2 heterocycles. The molecule has 118 valence electrons. The highest BCUT2D eigenvalue weighted by molar-refractivity contribution is 6.31. The Labute approximate surface area is 143 Å². The zero-order valence-electron chi connectivity index (χ0n) is 13.0. The first-order valence-electron chi connectivity index (χ1n) is 7.54. The first-order valence-corrected chi connectivity index (χ1v) is 7.92. The third kappa shape index (κ3) is 2.72. The molecule has 0 aliphatic heterocycles. The number of furan rings is 1. The van der Waals surface area contributed by atoms with Gasteiger partial charge in [0.05, 0.1) is 11.2 Å². The molecular formula is C19H14ClN3O. The highest BCUT2D eigenvalue weighted by Crippen LogP contribution is 2.25. The van der Waals surface area contributed by atoms with Crippen LogP contribution in [0.15, 0.2) is 70.3 Å². The molecule has 0 aliphatic rings. The Morgan fingerprint density at radius 3 is 2.88 bits per heavy atom. The maximum atomic E-state index is 6.02. The smallest absolute Gasteiger partial charge is 0.151 e. The molecule has 4 aromatic rings. The van der Waals surface area contributed by atoms with E-state index in [-0.39, 0.29) is 0 Å². The van der Waals surface area contributed by atoms with Crippen LogP contribution in [0.4, 0.5) is 5.69 Å². The zero-order valence-corrected chi connectivity index (χ0v) is 13.7. The summed E-state index contributed by atoms with van der Waals surface area (Å²) in [7, 11) is 0. The number of anilines is 1. The molecule has 0 fully saturated rings. The van der Waals surface area contributed by atoms with Gasteiger partial charge in [-0.25, -0.2) is 0 Å². The molecule has 0 radical (unpaired) electrons. The average molecular weight is 336 g/mol. The zero-order chi connectivity index (χ0) is 16.5. The molecule has 24 heavy (non-hydrogen) atoms. The van der Waals surface area contributed by atoms with Crippen LogP contribution in [-0.2, 0) is 0 Å². The van der Waals surface area contributed by atoms with Gasteiger partial charge < -0.3 is 4.42 Å². The van der Waals surface area contributed by atoms with Crippen LogP contribution in [0.25, 0.3) is 21.9 Å². The molecule has 0 amide bonds. The molecule has 0 bridgehead atoms. The molecule has 1 N–H and O–H groups in total. The van der Waals surface area contributed by atoms with Gasteiger partial charge in [-0.1, -0.05) is 29.8 Å². The first kappa shape index (κ1) is 14.7. The fourth-order valence-electron chi connectivity index (χ4n) is 2.58. The van der Waals surface area contributed by atoms with Crippen molar-refractivity contribution in [3.05, 3.63) is 71.6 Å². The maximum absolute atomic E-state index is 6.02. The second kappa shape index (κ2) is 5.98. The highest BCUT2D eigenvalue weighted by atomic mass is 35.5. The Morgan fingerprint density at radius 2 is 2.00 bits per heavy atom. The summed E-state index contributed by atoms with van der Waals surface area (Å²) >= 11 is 6.02. The molecule has 5 heteroatoms. The van der Waals surface area contributed by atoms with Gasteiger partial charge in [-0.05, 0) is 43.3 Å². The summed E-state index contributed by atoms with van der Waals surface area (Å²) in [4.78, 5) is 4.33. The lowest BCUT2D eigenvalue weighted by atomic mass is 10.2. The van der Waals surface area contributed by atoms with Crippen molar-refractivity contribution in [1.29, 1.82) is 0 Å². The van der Waals surface area contributed by atoms with E-state index in [4.69, 9.17) is 16.0 Å². The molecular weight excluding hydrogens is 322 g/mol. The SMILES string of the molecule is C/C(=N/Nc1ccnc2cc(Cl)ccc12)c1cc2ccccc2o1. The standard InChI is InChI=1S/C19H14ClN3O/c1-12(19-10-13-4-2-3-5-18(13)24-19)22-23-16-8-9-21-17-11-14(20)6-7-15(16)17/h2-11H,1H3,(H,21,23)/b22-12-. The maximum Gasteiger partial charge on any atom is 0.151 e. The van der Waals surface area contributed by atoms with Crippen LogP contribution in [0.1, 0.15) is 12.7 Å². The Bertz CT molecular complexity index is 1040. The van der Waals surface area contributed by atoms with E-state index in [1.54, 1.807) is 6.20 Å². The number of nitrogens with one attached hydrogen (secondary N) is 1. The Hall–Kier alpha value is -2.85. The van der Waals surface area contributed by atoms with Gasteiger partial charge in [0.2, 0.25) is 0 Å². The van der Waals surface area contributed by atoms with E-state index in [2.05, 4.69) is 15.5 Å². The second-order valence-electron chi connectivity index (χ2n) is 5.48. The van der Waals surface area contributed by atoms with Gasteiger partial charge in [0.15, 0.2) is 5.76 Å². The minimum Gasteiger partial charge on any atom is -0.455 e. The largest absolute Gasteiger partial charge is 0.455 e. The van der Waals surface area contributed by atoms with E-state index in [0.717, 1.165) is 39.0 Å². The topological polar surface area (TPSA) is 50.4 Å². The number of hydrogen-bond donors (Lipinski definition) is 1. The van der Waals surface area contributed by atoms with E-state index < -0.39 is 0 Å². The number of hydrazone groups is 1. The number of rotatable bonds is 3. The monoisotopic (exact) mass is 335 g/mol. The van der Waals surface area contributed by atoms with E-state index in [0.29, 0.717) is 5.02 Å². The van der Waals surface area contributed by atoms with Gasteiger partial charge in [-0.15, -0.1) is 0 Å². The Kier molecular flexibility index (Phi) is 3.67. The summed E-state index contributed by atoms with van der Waals surface area (Å²) in [6.45, 7) is 1.91. The van der Waals surface area contributed by atoms with Crippen molar-refractivity contribution in [3.8, 4) is 0 Å². The van der Waals surface area contributed by atoms with Crippen molar-refractivity contribution in [3.63, 3.8) is 0 Å². The number of para-hydroxylation sites is 1. The third-order valence-corrected chi connectivity index (χ3v) is 4.07.